The number of nitrogens with zero attached hydrogens (tertiary/aromatic N) is 1. The molecule has 0 spiro atoms. The van der Waals surface area contributed by atoms with Gasteiger partial charge in [0.25, 0.3) is 0 Å². The zero-order valence-corrected chi connectivity index (χ0v) is 12.3. The maximum Gasteiger partial charge on any atom is 0.137 e. The molecule has 1 aromatic heterocycles. The third-order valence-electron chi connectivity index (χ3n) is 2.64. The summed E-state index contributed by atoms with van der Waals surface area (Å²) >= 11 is 2.30. The van der Waals surface area contributed by atoms with Crippen LogP contribution < -0.4 is 10.5 Å². The van der Waals surface area contributed by atoms with Crippen molar-refractivity contribution in [2.24, 2.45) is 5.73 Å². The van der Waals surface area contributed by atoms with Crippen LogP contribution in [-0.2, 0) is 0 Å². The first-order chi connectivity index (χ1) is 8.72. The predicted molar refractivity (Wildman–Crippen MR) is 80.6 cm³/mol. The largest absolute Gasteiger partial charge is 0.492 e. The number of pyridine rings is 1. The highest BCUT2D eigenvalue weighted by atomic mass is 127. The van der Waals surface area contributed by atoms with Crippen molar-refractivity contribution in [3.63, 3.8) is 0 Å². The Bertz CT molecular complexity index is 531. The molecule has 0 saturated carbocycles. The van der Waals surface area contributed by atoms with Crippen LogP contribution >= 0.6 is 22.6 Å². The zero-order chi connectivity index (χ0) is 13.0. The van der Waals surface area contributed by atoms with Crippen molar-refractivity contribution in [3.05, 3.63) is 57.4 Å². The monoisotopic (exact) mass is 354 g/mol. The standard InChI is InChI=1S/C14H15IN2O/c1-2-18-11-7-10(8-17-9-11)14(16)12-5-3-4-6-13(12)15/h3-9,14H,2,16H2,1H3. The van der Waals surface area contributed by atoms with Crippen LogP contribution in [0.15, 0.2) is 42.7 Å². The molecule has 18 heavy (non-hydrogen) atoms. The summed E-state index contributed by atoms with van der Waals surface area (Å²) in [4.78, 5) is 4.17. The van der Waals surface area contributed by atoms with Crippen LogP contribution in [0.4, 0.5) is 0 Å². The molecule has 2 N–H and O–H groups in total. The molecule has 0 aliphatic carbocycles. The van der Waals surface area contributed by atoms with Gasteiger partial charge in [0.2, 0.25) is 0 Å². The van der Waals surface area contributed by atoms with Crippen LogP contribution in [0, 0.1) is 3.57 Å². The van der Waals surface area contributed by atoms with Crippen molar-refractivity contribution < 1.29 is 4.74 Å². The minimum Gasteiger partial charge on any atom is -0.492 e. The van der Waals surface area contributed by atoms with Crippen molar-refractivity contribution in [1.29, 1.82) is 0 Å². The number of aromatic nitrogens is 1. The Balaban J connectivity index is 2.31. The Morgan fingerprint density at radius 3 is 2.83 bits per heavy atom. The molecule has 0 amide bonds. The fourth-order valence-corrected chi connectivity index (χ4v) is 2.48. The fourth-order valence-electron chi connectivity index (χ4n) is 1.76. The molecule has 1 heterocycles. The number of benzene rings is 1. The van der Waals surface area contributed by atoms with Gasteiger partial charge in [-0.05, 0) is 52.8 Å². The molecule has 0 fully saturated rings. The van der Waals surface area contributed by atoms with E-state index in [1.54, 1.807) is 12.4 Å². The Hall–Kier alpha value is -1.14. The highest BCUT2D eigenvalue weighted by molar-refractivity contribution is 14.1. The topological polar surface area (TPSA) is 48.1 Å². The normalized spacial score (nSPS) is 12.2. The first-order valence-electron chi connectivity index (χ1n) is 5.80. The van der Waals surface area contributed by atoms with E-state index in [2.05, 4.69) is 33.6 Å². The molecule has 0 aliphatic heterocycles. The minimum atomic E-state index is -0.175. The van der Waals surface area contributed by atoms with Gasteiger partial charge in [-0.25, -0.2) is 0 Å². The van der Waals surface area contributed by atoms with E-state index in [0.29, 0.717) is 6.61 Å². The van der Waals surface area contributed by atoms with Crippen LogP contribution in [0.3, 0.4) is 0 Å². The van der Waals surface area contributed by atoms with Gasteiger partial charge in [-0.15, -0.1) is 0 Å². The van der Waals surface area contributed by atoms with Gasteiger partial charge >= 0.3 is 0 Å². The lowest BCUT2D eigenvalue weighted by Gasteiger charge is -2.14. The van der Waals surface area contributed by atoms with Crippen molar-refractivity contribution >= 4 is 22.6 Å². The van der Waals surface area contributed by atoms with E-state index in [1.807, 2.05) is 31.2 Å². The summed E-state index contributed by atoms with van der Waals surface area (Å²) in [6, 6.07) is 9.87. The SMILES string of the molecule is CCOc1cncc(C(N)c2ccccc2I)c1. The molecule has 2 rings (SSSR count). The van der Waals surface area contributed by atoms with Crippen molar-refractivity contribution in [3.8, 4) is 5.75 Å². The molecular weight excluding hydrogens is 339 g/mol. The van der Waals surface area contributed by atoms with E-state index in [-0.39, 0.29) is 6.04 Å². The maximum atomic E-state index is 6.28. The van der Waals surface area contributed by atoms with Crippen molar-refractivity contribution in [2.45, 2.75) is 13.0 Å². The number of rotatable bonds is 4. The summed E-state index contributed by atoms with van der Waals surface area (Å²) < 4.78 is 6.60. The average Bonchev–Trinajstić information content (AvgIpc) is 2.39. The quantitative estimate of drug-likeness (QED) is 0.859. The smallest absolute Gasteiger partial charge is 0.137 e. The Morgan fingerprint density at radius 2 is 2.11 bits per heavy atom. The molecule has 1 atom stereocenters. The lowest BCUT2D eigenvalue weighted by atomic mass is 10.0. The van der Waals surface area contributed by atoms with E-state index in [4.69, 9.17) is 10.5 Å². The number of nitrogens with two attached hydrogens (primary N) is 1. The fraction of sp³-hybridized carbons (Fsp3) is 0.214. The molecule has 0 bridgehead atoms. The number of hydrogen-bond acceptors (Lipinski definition) is 3. The average molecular weight is 354 g/mol. The maximum absolute atomic E-state index is 6.28. The summed E-state index contributed by atoms with van der Waals surface area (Å²) in [5.74, 6) is 0.761. The molecule has 0 radical (unpaired) electrons. The van der Waals surface area contributed by atoms with Gasteiger partial charge in [0.15, 0.2) is 0 Å². The predicted octanol–water partition coefficient (Wildman–Crippen LogP) is 3.13. The van der Waals surface area contributed by atoms with Crippen LogP contribution in [0.25, 0.3) is 0 Å². The van der Waals surface area contributed by atoms with Crippen LogP contribution in [0.5, 0.6) is 5.75 Å². The molecule has 1 aromatic carbocycles. The van der Waals surface area contributed by atoms with Crippen molar-refractivity contribution in [2.75, 3.05) is 6.61 Å². The first-order valence-corrected chi connectivity index (χ1v) is 6.88. The second kappa shape index (κ2) is 6.15. The van der Waals surface area contributed by atoms with Crippen LogP contribution in [-0.4, -0.2) is 11.6 Å². The van der Waals surface area contributed by atoms with Gasteiger partial charge < -0.3 is 10.5 Å². The van der Waals surface area contributed by atoms with E-state index in [1.165, 1.54) is 0 Å². The second-order valence-corrected chi connectivity index (χ2v) is 5.05. The lowest BCUT2D eigenvalue weighted by molar-refractivity contribution is 0.338. The van der Waals surface area contributed by atoms with E-state index >= 15 is 0 Å². The third-order valence-corrected chi connectivity index (χ3v) is 3.63. The Kier molecular flexibility index (Phi) is 4.54. The van der Waals surface area contributed by atoms with Gasteiger partial charge in [0.05, 0.1) is 18.8 Å². The number of halogens is 1. The molecule has 94 valence electrons. The summed E-state index contributed by atoms with van der Waals surface area (Å²) in [5.41, 5.74) is 8.35. The number of ether oxygens (including phenoxy) is 1. The van der Waals surface area contributed by atoms with Crippen LogP contribution in [0.1, 0.15) is 24.1 Å². The molecule has 0 saturated heterocycles. The number of hydrogen-bond donors (Lipinski definition) is 1. The molecule has 4 heteroatoms. The van der Waals surface area contributed by atoms with Gasteiger partial charge in [-0.2, -0.15) is 0 Å². The summed E-state index contributed by atoms with van der Waals surface area (Å²) in [5, 5.41) is 0. The molecule has 0 aliphatic rings. The highest BCUT2D eigenvalue weighted by Gasteiger charge is 2.12. The highest BCUT2D eigenvalue weighted by Crippen LogP contribution is 2.25. The summed E-state index contributed by atoms with van der Waals surface area (Å²) in [6.45, 7) is 2.58. The van der Waals surface area contributed by atoms with Gasteiger partial charge in [-0.1, -0.05) is 18.2 Å². The molecular formula is C14H15IN2O. The van der Waals surface area contributed by atoms with Gasteiger partial charge in [-0.3, -0.25) is 4.98 Å². The van der Waals surface area contributed by atoms with E-state index in [9.17, 15) is 0 Å². The zero-order valence-electron chi connectivity index (χ0n) is 10.1. The molecule has 3 nitrogen and oxygen atoms in total. The molecule has 1 unspecified atom stereocenters. The van der Waals surface area contributed by atoms with Crippen molar-refractivity contribution in [1.82, 2.24) is 4.98 Å². The van der Waals surface area contributed by atoms with Gasteiger partial charge in [0.1, 0.15) is 5.75 Å². The Morgan fingerprint density at radius 1 is 1.33 bits per heavy atom. The summed E-state index contributed by atoms with van der Waals surface area (Å²) in [6.07, 6.45) is 3.49. The Labute approximate surface area is 121 Å². The third kappa shape index (κ3) is 3.00. The van der Waals surface area contributed by atoms with E-state index < -0.39 is 0 Å². The molecule has 2 aromatic rings. The van der Waals surface area contributed by atoms with Gasteiger partial charge in [0, 0.05) is 9.77 Å². The second-order valence-electron chi connectivity index (χ2n) is 3.89. The van der Waals surface area contributed by atoms with E-state index in [0.717, 1.165) is 20.4 Å². The lowest BCUT2D eigenvalue weighted by Crippen LogP contribution is -2.13. The summed E-state index contributed by atoms with van der Waals surface area (Å²) in [7, 11) is 0. The minimum absolute atomic E-state index is 0.175. The first kappa shape index (κ1) is 13.3. The van der Waals surface area contributed by atoms with Crippen LogP contribution in [0.2, 0.25) is 0 Å².